The third-order valence-electron chi connectivity index (χ3n) is 5.95. The van der Waals surface area contributed by atoms with Crippen molar-refractivity contribution in [3.05, 3.63) is 59.7 Å². The van der Waals surface area contributed by atoms with Crippen molar-refractivity contribution in [3.63, 3.8) is 0 Å². The van der Waals surface area contributed by atoms with E-state index in [0.717, 1.165) is 35.1 Å². The molecule has 0 saturated heterocycles. The van der Waals surface area contributed by atoms with Crippen LogP contribution < -0.4 is 10.7 Å². The minimum atomic E-state index is -0.659. The van der Waals surface area contributed by atoms with Gasteiger partial charge in [0.25, 0.3) is 0 Å². The van der Waals surface area contributed by atoms with E-state index in [-0.39, 0.29) is 19.1 Å². The van der Waals surface area contributed by atoms with Crippen LogP contribution in [0.25, 0.3) is 11.1 Å². The highest BCUT2D eigenvalue weighted by Gasteiger charge is 2.29. The third kappa shape index (κ3) is 8.76. The standard InChI is InChI=1S/C29H39N3O6/c1-5-6-18-36-26(33)19-32(17-11-16-30-27(34)38-29(2,3)4)31-28(35)37-20-25-23-14-9-7-12-21(23)22-13-8-10-15-24(22)25/h7-10,12-15,25H,5-6,11,16-20H2,1-4H3,(H,30,34)(H,31,35). The number of hydrogen-bond donors (Lipinski definition) is 2. The maximum absolute atomic E-state index is 12.8. The Morgan fingerprint density at radius 2 is 1.53 bits per heavy atom. The van der Waals surface area contributed by atoms with Gasteiger partial charge in [0.2, 0.25) is 0 Å². The second kappa shape index (κ2) is 13.8. The predicted molar refractivity (Wildman–Crippen MR) is 144 cm³/mol. The van der Waals surface area contributed by atoms with Crippen LogP contribution in [0.4, 0.5) is 9.59 Å². The smallest absolute Gasteiger partial charge is 0.421 e. The molecule has 2 N–H and O–H groups in total. The van der Waals surface area contributed by atoms with Crippen molar-refractivity contribution in [3.8, 4) is 11.1 Å². The Morgan fingerprint density at radius 1 is 0.895 bits per heavy atom. The van der Waals surface area contributed by atoms with Crippen molar-refractivity contribution in [2.24, 2.45) is 0 Å². The van der Waals surface area contributed by atoms with Crippen molar-refractivity contribution in [2.45, 2.75) is 58.5 Å². The zero-order valence-corrected chi connectivity index (χ0v) is 22.7. The summed E-state index contributed by atoms with van der Waals surface area (Å²) in [6.07, 6.45) is 0.961. The molecular weight excluding hydrogens is 486 g/mol. The fourth-order valence-electron chi connectivity index (χ4n) is 4.24. The first-order chi connectivity index (χ1) is 18.2. The van der Waals surface area contributed by atoms with Gasteiger partial charge in [0.15, 0.2) is 0 Å². The predicted octanol–water partition coefficient (Wildman–Crippen LogP) is 5.00. The molecule has 0 aliphatic heterocycles. The number of carbonyl (C=O) groups excluding carboxylic acids is 3. The highest BCUT2D eigenvalue weighted by atomic mass is 16.6. The summed E-state index contributed by atoms with van der Waals surface area (Å²) in [6, 6.07) is 16.2. The lowest BCUT2D eigenvalue weighted by Crippen LogP contribution is -2.47. The molecule has 0 radical (unpaired) electrons. The van der Waals surface area contributed by atoms with E-state index >= 15 is 0 Å². The Labute approximate surface area is 224 Å². The zero-order valence-electron chi connectivity index (χ0n) is 22.7. The van der Waals surface area contributed by atoms with E-state index in [1.807, 2.05) is 31.2 Å². The summed E-state index contributed by atoms with van der Waals surface area (Å²) in [7, 11) is 0. The molecule has 2 aromatic rings. The molecule has 0 bridgehead atoms. The number of hydrogen-bond acceptors (Lipinski definition) is 7. The summed E-state index contributed by atoms with van der Waals surface area (Å²) in [5.41, 5.74) is 6.59. The number of rotatable bonds is 12. The second-order valence-corrected chi connectivity index (χ2v) is 10.2. The van der Waals surface area contributed by atoms with Gasteiger partial charge in [-0.25, -0.2) is 14.6 Å². The van der Waals surface area contributed by atoms with E-state index in [1.165, 1.54) is 5.01 Å². The van der Waals surface area contributed by atoms with Crippen LogP contribution in [0.1, 0.15) is 64.0 Å². The van der Waals surface area contributed by atoms with E-state index in [4.69, 9.17) is 14.2 Å². The molecule has 206 valence electrons. The van der Waals surface area contributed by atoms with Gasteiger partial charge in [-0.2, -0.15) is 0 Å². The van der Waals surface area contributed by atoms with Gasteiger partial charge in [-0.3, -0.25) is 10.2 Å². The van der Waals surface area contributed by atoms with Crippen LogP contribution in [0, 0.1) is 0 Å². The molecule has 3 rings (SSSR count). The van der Waals surface area contributed by atoms with Crippen LogP contribution in [0.2, 0.25) is 0 Å². The van der Waals surface area contributed by atoms with Crippen molar-refractivity contribution >= 4 is 18.2 Å². The molecule has 0 spiro atoms. The average molecular weight is 526 g/mol. The number of fused-ring (bicyclic) bond motifs is 3. The number of nitrogens with zero attached hydrogens (tertiary/aromatic N) is 1. The molecule has 38 heavy (non-hydrogen) atoms. The Bertz CT molecular complexity index is 1050. The maximum Gasteiger partial charge on any atom is 0.421 e. The Kier molecular flexibility index (Phi) is 10.5. The summed E-state index contributed by atoms with van der Waals surface area (Å²) in [4.78, 5) is 36.9. The van der Waals surface area contributed by atoms with Gasteiger partial charge in [0, 0.05) is 19.0 Å². The van der Waals surface area contributed by atoms with E-state index in [0.29, 0.717) is 26.1 Å². The summed E-state index contributed by atoms with van der Waals surface area (Å²) < 4.78 is 16.1. The topological polar surface area (TPSA) is 106 Å². The van der Waals surface area contributed by atoms with Crippen LogP contribution in [-0.4, -0.2) is 61.6 Å². The van der Waals surface area contributed by atoms with Crippen LogP contribution in [0.3, 0.4) is 0 Å². The number of ether oxygens (including phenoxy) is 3. The van der Waals surface area contributed by atoms with E-state index in [1.54, 1.807) is 20.8 Å². The Hall–Kier alpha value is -3.59. The summed E-state index contributed by atoms with van der Waals surface area (Å²) in [5, 5.41) is 4.12. The Morgan fingerprint density at radius 3 is 2.13 bits per heavy atom. The fourth-order valence-corrected chi connectivity index (χ4v) is 4.24. The third-order valence-corrected chi connectivity index (χ3v) is 5.95. The first-order valence-electron chi connectivity index (χ1n) is 13.2. The first kappa shape index (κ1) is 29.0. The van der Waals surface area contributed by atoms with Gasteiger partial charge < -0.3 is 19.5 Å². The minimum absolute atomic E-state index is 0.0707. The summed E-state index contributed by atoms with van der Waals surface area (Å²) >= 11 is 0. The number of unbranched alkanes of at least 4 members (excludes halogenated alkanes) is 1. The van der Waals surface area contributed by atoms with Gasteiger partial charge in [0.05, 0.1) is 6.61 Å². The average Bonchev–Trinajstić information content (AvgIpc) is 3.18. The van der Waals surface area contributed by atoms with Gasteiger partial charge in [-0.05, 0) is 55.9 Å². The molecule has 0 saturated carbocycles. The molecule has 1 aliphatic rings. The Balaban J connectivity index is 1.55. The van der Waals surface area contributed by atoms with E-state index in [2.05, 4.69) is 35.0 Å². The second-order valence-electron chi connectivity index (χ2n) is 10.2. The van der Waals surface area contributed by atoms with Crippen LogP contribution in [-0.2, 0) is 19.0 Å². The molecule has 1 aliphatic carbocycles. The van der Waals surface area contributed by atoms with Gasteiger partial charge in [-0.15, -0.1) is 0 Å². The largest absolute Gasteiger partial charge is 0.465 e. The van der Waals surface area contributed by atoms with Crippen molar-refractivity contribution in [1.82, 2.24) is 15.8 Å². The molecule has 0 heterocycles. The number of hydrazine groups is 1. The molecule has 0 aromatic heterocycles. The maximum atomic E-state index is 12.8. The van der Waals surface area contributed by atoms with Crippen molar-refractivity contribution < 1.29 is 28.6 Å². The van der Waals surface area contributed by atoms with Crippen LogP contribution >= 0.6 is 0 Å². The first-order valence-corrected chi connectivity index (χ1v) is 13.2. The summed E-state index contributed by atoms with van der Waals surface area (Å²) in [6.45, 7) is 8.33. The van der Waals surface area contributed by atoms with Crippen LogP contribution in [0.5, 0.6) is 0 Å². The number of amides is 2. The molecule has 0 atom stereocenters. The number of alkyl carbamates (subject to hydrolysis) is 1. The molecule has 0 unspecified atom stereocenters. The van der Waals surface area contributed by atoms with Gasteiger partial charge >= 0.3 is 18.2 Å². The van der Waals surface area contributed by atoms with Crippen molar-refractivity contribution in [2.75, 3.05) is 32.8 Å². The zero-order chi connectivity index (χ0) is 27.5. The number of carbonyl (C=O) groups is 3. The number of esters is 1. The molecule has 0 fully saturated rings. The highest BCUT2D eigenvalue weighted by Crippen LogP contribution is 2.44. The number of nitrogens with one attached hydrogen (secondary N) is 2. The molecule has 9 heteroatoms. The molecule has 2 aromatic carbocycles. The highest BCUT2D eigenvalue weighted by molar-refractivity contribution is 5.79. The lowest BCUT2D eigenvalue weighted by molar-refractivity contribution is -0.145. The quantitative estimate of drug-likeness (QED) is 0.174. The lowest BCUT2D eigenvalue weighted by Gasteiger charge is -2.23. The number of benzene rings is 2. The SMILES string of the molecule is CCCCOC(=O)CN(CCCNC(=O)OC(C)(C)C)NC(=O)OCC1c2ccccc2-c2ccccc21. The van der Waals surface area contributed by atoms with Gasteiger partial charge in [0.1, 0.15) is 18.8 Å². The lowest BCUT2D eigenvalue weighted by atomic mass is 9.98. The molecule has 9 nitrogen and oxygen atoms in total. The summed E-state index contributed by atoms with van der Waals surface area (Å²) in [5.74, 6) is -0.517. The van der Waals surface area contributed by atoms with Crippen LogP contribution in [0.15, 0.2) is 48.5 Å². The van der Waals surface area contributed by atoms with E-state index in [9.17, 15) is 14.4 Å². The fraction of sp³-hybridized carbons (Fsp3) is 0.483. The minimum Gasteiger partial charge on any atom is -0.465 e. The van der Waals surface area contributed by atoms with Gasteiger partial charge in [-0.1, -0.05) is 61.9 Å². The molecular formula is C29H39N3O6. The van der Waals surface area contributed by atoms with E-state index < -0.39 is 23.8 Å². The van der Waals surface area contributed by atoms with Crippen molar-refractivity contribution in [1.29, 1.82) is 0 Å². The monoisotopic (exact) mass is 525 g/mol. The normalized spacial score (nSPS) is 12.4. The molecule has 2 amide bonds.